The van der Waals surface area contributed by atoms with Crippen molar-refractivity contribution in [1.82, 2.24) is 0 Å². The van der Waals surface area contributed by atoms with Gasteiger partial charge < -0.3 is 0 Å². The number of anilines is 1. The molecule has 1 N–H and O–H groups in total. The lowest BCUT2D eigenvalue weighted by atomic mass is 10.2. The zero-order valence-corrected chi connectivity index (χ0v) is 10.8. The number of carbonyl (C=O) groups is 1. The first-order chi connectivity index (χ1) is 7.93. The largest absolute Gasteiger partial charge is 0.298 e. The molecule has 0 heterocycles. The molecule has 0 unspecified atom stereocenters. The van der Waals surface area contributed by atoms with Crippen LogP contribution in [0.25, 0.3) is 0 Å². The van der Waals surface area contributed by atoms with E-state index in [1.54, 1.807) is 24.3 Å². The highest BCUT2D eigenvalue weighted by atomic mass is 32.2. The lowest BCUT2D eigenvalue weighted by Gasteiger charge is -2.09. The monoisotopic (exact) mass is 255 g/mol. The molecule has 0 aliphatic carbocycles. The SMILES string of the molecule is CC(C)CCS(=O)(=O)Nc1ccc(C=O)cc1. The summed E-state index contributed by atoms with van der Waals surface area (Å²) in [7, 11) is -3.29. The van der Waals surface area contributed by atoms with Gasteiger partial charge in [-0.15, -0.1) is 0 Å². The van der Waals surface area contributed by atoms with Crippen LogP contribution in [0, 0.1) is 5.92 Å². The van der Waals surface area contributed by atoms with Gasteiger partial charge in [-0.1, -0.05) is 13.8 Å². The van der Waals surface area contributed by atoms with Crippen molar-refractivity contribution >= 4 is 22.0 Å². The van der Waals surface area contributed by atoms with Gasteiger partial charge in [0.2, 0.25) is 10.0 Å². The quantitative estimate of drug-likeness (QED) is 0.793. The van der Waals surface area contributed by atoms with Crippen LogP contribution >= 0.6 is 0 Å². The van der Waals surface area contributed by atoms with Crippen LogP contribution in [0.15, 0.2) is 24.3 Å². The number of hydrogen-bond acceptors (Lipinski definition) is 3. The minimum absolute atomic E-state index is 0.111. The van der Waals surface area contributed by atoms with Crippen molar-refractivity contribution in [3.63, 3.8) is 0 Å². The number of hydrogen-bond donors (Lipinski definition) is 1. The molecule has 0 radical (unpaired) electrons. The molecule has 17 heavy (non-hydrogen) atoms. The van der Waals surface area contributed by atoms with E-state index in [1.165, 1.54) is 0 Å². The normalized spacial score (nSPS) is 11.5. The highest BCUT2D eigenvalue weighted by molar-refractivity contribution is 7.92. The molecule has 0 fully saturated rings. The molecule has 4 nitrogen and oxygen atoms in total. The maximum atomic E-state index is 11.7. The number of rotatable bonds is 6. The Morgan fingerprint density at radius 2 is 1.82 bits per heavy atom. The standard InChI is InChI=1S/C12H17NO3S/c1-10(2)7-8-17(15,16)13-12-5-3-11(9-14)4-6-12/h3-6,9-10,13H,7-8H2,1-2H3. The second-order valence-electron chi connectivity index (χ2n) is 4.34. The average molecular weight is 255 g/mol. The van der Waals surface area contributed by atoms with Gasteiger partial charge in [0, 0.05) is 11.3 Å². The third-order valence-electron chi connectivity index (χ3n) is 2.28. The van der Waals surface area contributed by atoms with Crippen molar-refractivity contribution in [3.05, 3.63) is 29.8 Å². The number of nitrogens with one attached hydrogen (secondary N) is 1. The molecule has 1 rings (SSSR count). The van der Waals surface area contributed by atoms with E-state index < -0.39 is 10.0 Å². The van der Waals surface area contributed by atoms with Gasteiger partial charge >= 0.3 is 0 Å². The third kappa shape index (κ3) is 4.99. The Morgan fingerprint density at radius 3 is 2.29 bits per heavy atom. The van der Waals surface area contributed by atoms with Crippen LogP contribution in [-0.4, -0.2) is 20.5 Å². The van der Waals surface area contributed by atoms with Gasteiger partial charge in [-0.2, -0.15) is 0 Å². The summed E-state index contributed by atoms with van der Waals surface area (Å²) in [6, 6.07) is 6.31. The fraction of sp³-hybridized carbons (Fsp3) is 0.417. The topological polar surface area (TPSA) is 63.2 Å². The summed E-state index contributed by atoms with van der Waals surface area (Å²) in [4.78, 5) is 10.4. The second kappa shape index (κ2) is 5.82. The average Bonchev–Trinajstić information content (AvgIpc) is 2.27. The van der Waals surface area contributed by atoms with Crippen LogP contribution < -0.4 is 4.72 Å². The molecule has 0 aliphatic heterocycles. The molecule has 0 amide bonds. The van der Waals surface area contributed by atoms with Crippen molar-refractivity contribution in [2.75, 3.05) is 10.5 Å². The first kappa shape index (κ1) is 13.7. The van der Waals surface area contributed by atoms with Gasteiger partial charge in [-0.3, -0.25) is 9.52 Å². The predicted octanol–water partition coefficient (Wildman–Crippen LogP) is 2.29. The van der Waals surface area contributed by atoms with Gasteiger partial charge in [-0.25, -0.2) is 8.42 Å². The van der Waals surface area contributed by atoms with E-state index in [-0.39, 0.29) is 5.75 Å². The van der Waals surface area contributed by atoms with Crippen molar-refractivity contribution in [1.29, 1.82) is 0 Å². The fourth-order valence-electron chi connectivity index (χ4n) is 1.25. The lowest BCUT2D eigenvalue weighted by molar-refractivity contribution is 0.112. The maximum Gasteiger partial charge on any atom is 0.232 e. The molecular formula is C12H17NO3S. The first-order valence-electron chi connectivity index (χ1n) is 5.48. The van der Waals surface area contributed by atoms with E-state index in [0.29, 0.717) is 23.6 Å². The fourth-order valence-corrected chi connectivity index (χ4v) is 2.63. The Balaban J connectivity index is 2.66. The summed E-state index contributed by atoms with van der Waals surface area (Å²) < 4.78 is 25.8. The van der Waals surface area contributed by atoms with E-state index in [1.807, 2.05) is 13.8 Å². The molecule has 0 atom stereocenters. The van der Waals surface area contributed by atoms with Crippen LogP contribution in [0.3, 0.4) is 0 Å². The van der Waals surface area contributed by atoms with Gasteiger partial charge in [0.15, 0.2) is 0 Å². The van der Waals surface area contributed by atoms with Gasteiger partial charge in [0.05, 0.1) is 5.75 Å². The molecule has 0 bridgehead atoms. The number of sulfonamides is 1. The van der Waals surface area contributed by atoms with Crippen LogP contribution in [0.4, 0.5) is 5.69 Å². The van der Waals surface area contributed by atoms with Crippen LogP contribution in [-0.2, 0) is 10.0 Å². The zero-order valence-electron chi connectivity index (χ0n) is 10.0. The smallest absolute Gasteiger partial charge is 0.232 e. The van der Waals surface area contributed by atoms with Crippen molar-refractivity contribution in [2.45, 2.75) is 20.3 Å². The molecule has 0 aromatic heterocycles. The van der Waals surface area contributed by atoms with E-state index in [2.05, 4.69) is 4.72 Å². The van der Waals surface area contributed by atoms with Gasteiger partial charge in [0.25, 0.3) is 0 Å². The van der Waals surface area contributed by atoms with E-state index in [0.717, 1.165) is 6.29 Å². The highest BCUT2D eigenvalue weighted by Crippen LogP contribution is 2.12. The number of carbonyl (C=O) groups excluding carboxylic acids is 1. The third-order valence-corrected chi connectivity index (χ3v) is 3.60. The Bertz CT molecular complexity index is 463. The summed E-state index contributed by atoms with van der Waals surface area (Å²) in [5.41, 5.74) is 1.01. The molecule has 5 heteroatoms. The van der Waals surface area contributed by atoms with Gasteiger partial charge in [-0.05, 0) is 36.6 Å². The molecule has 0 saturated heterocycles. The van der Waals surface area contributed by atoms with Crippen LogP contribution in [0.5, 0.6) is 0 Å². The zero-order chi connectivity index (χ0) is 12.9. The first-order valence-corrected chi connectivity index (χ1v) is 7.14. The second-order valence-corrected chi connectivity index (χ2v) is 6.19. The molecule has 0 aliphatic rings. The van der Waals surface area contributed by atoms with Crippen molar-refractivity contribution in [2.24, 2.45) is 5.92 Å². The Kier molecular flexibility index (Phi) is 4.69. The highest BCUT2D eigenvalue weighted by Gasteiger charge is 2.11. The van der Waals surface area contributed by atoms with Crippen molar-refractivity contribution in [3.8, 4) is 0 Å². The minimum Gasteiger partial charge on any atom is -0.298 e. The summed E-state index contributed by atoms with van der Waals surface area (Å²) >= 11 is 0. The van der Waals surface area contributed by atoms with Crippen LogP contribution in [0.1, 0.15) is 30.6 Å². The van der Waals surface area contributed by atoms with E-state index >= 15 is 0 Å². The Hall–Kier alpha value is -1.36. The van der Waals surface area contributed by atoms with Gasteiger partial charge in [0.1, 0.15) is 6.29 Å². The Morgan fingerprint density at radius 1 is 1.24 bits per heavy atom. The van der Waals surface area contributed by atoms with Crippen molar-refractivity contribution < 1.29 is 13.2 Å². The van der Waals surface area contributed by atoms with E-state index in [4.69, 9.17) is 0 Å². The summed E-state index contributed by atoms with van der Waals surface area (Å²) in [5, 5.41) is 0. The Labute approximate surface area is 102 Å². The molecular weight excluding hydrogens is 238 g/mol. The summed E-state index contributed by atoms with van der Waals surface area (Å²) in [5.74, 6) is 0.462. The number of benzene rings is 1. The van der Waals surface area contributed by atoms with Crippen LogP contribution in [0.2, 0.25) is 0 Å². The molecule has 1 aromatic carbocycles. The molecule has 0 saturated carbocycles. The lowest BCUT2D eigenvalue weighted by Crippen LogP contribution is -2.17. The molecule has 0 spiro atoms. The molecule has 1 aromatic rings. The summed E-state index contributed by atoms with van der Waals surface area (Å²) in [6.45, 7) is 3.96. The summed E-state index contributed by atoms with van der Waals surface area (Å²) in [6.07, 6.45) is 1.35. The number of aldehydes is 1. The molecule has 94 valence electrons. The minimum atomic E-state index is -3.29. The van der Waals surface area contributed by atoms with E-state index in [9.17, 15) is 13.2 Å². The predicted molar refractivity (Wildman–Crippen MR) is 68.7 cm³/mol. The maximum absolute atomic E-state index is 11.7.